The number of nitrogens with one attached hydrogen (secondary N) is 1. The molecule has 0 amide bonds. The van der Waals surface area contributed by atoms with Crippen LogP contribution in [0.15, 0.2) is 24.5 Å². The standard InChI is InChI=1S/C9H8F2N2O/c10-9(11)4-14-6-1-2-7-8(3-6)13-5-12-7/h1-3,5,9H,4H2,(H,12,13). The molecule has 2 rings (SSSR count). The summed E-state index contributed by atoms with van der Waals surface area (Å²) in [6.07, 6.45) is -0.908. The van der Waals surface area contributed by atoms with Gasteiger partial charge in [-0.2, -0.15) is 0 Å². The molecule has 3 nitrogen and oxygen atoms in total. The molecule has 0 saturated heterocycles. The molecule has 0 aliphatic rings. The number of hydrogen-bond donors (Lipinski definition) is 1. The lowest BCUT2D eigenvalue weighted by molar-refractivity contribution is 0.0819. The predicted molar refractivity (Wildman–Crippen MR) is 47.6 cm³/mol. The topological polar surface area (TPSA) is 37.9 Å². The van der Waals surface area contributed by atoms with E-state index in [2.05, 4.69) is 9.97 Å². The van der Waals surface area contributed by atoms with Crippen LogP contribution in [-0.4, -0.2) is 23.0 Å². The van der Waals surface area contributed by atoms with Crippen LogP contribution in [0, 0.1) is 0 Å². The third-order valence-electron chi connectivity index (χ3n) is 1.77. The van der Waals surface area contributed by atoms with Gasteiger partial charge < -0.3 is 9.72 Å². The molecule has 1 aromatic heterocycles. The van der Waals surface area contributed by atoms with Crippen LogP contribution in [0.25, 0.3) is 11.0 Å². The quantitative estimate of drug-likeness (QED) is 0.820. The van der Waals surface area contributed by atoms with Crippen molar-refractivity contribution >= 4 is 11.0 Å². The van der Waals surface area contributed by atoms with Gasteiger partial charge in [-0.05, 0) is 12.1 Å². The summed E-state index contributed by atoms with van der Waals surface area (Å²) in [5, 5.41) is 0. The molecule has 0 unspecified atom stereocenters. The first-order valence-corrected chi connectivity index (χ1v) is 4.10. The van der Waals surface area contributed by atoms with Crippen molar-refractivity contribution in [2.75, 3.05) is 6.61 Å². The van der Waals surface area contributed by atoms with Crippen molar-refractivity contribution in [3.63, 3.8) is 0 Å². The Hall–Kier alpha value is -1.65. The fraction of sp³-hybridized carbons (Fsp3) is 0.222. The van der Waals surface area contributed by atoms with Gasteiger partial charge in [-0.15, -0.1) is 0 Å². The number of aromatic nitrogens is 2. The van der Waals surface area contributed by atoms with Crippen LogP contribution in [0.2, 0.25) is 0 Å². The highest BCUT2D eigenvalue weighted by atomic mass is 19.3. The maximum absolute atomic E-state index is 11.8. The molecule has 0 aliphatic carbocycles. The molecule has 0 radical (unpaired) electrons. The Morgan fingerprint density at radius 2 is 2.29 bits per heavy atom. The first-order chi connectivity index (χ1) is 6.75. The van der Waals surface area contributed by atoms with Crippen LogP contribution >= 0.6 is 0 Å². The van der Waals surface area contributed by atoms with Crippen molar-refractivity contribution < 1.29 is 13.5 Å². The van der Waals surface area contributed by atoms with Gasteiger partial charge in [-0.25, -0.2) is 13.8 Å². The van der Waals surface area contributed by atoms with Gasteiger partial charge in [0.05, 0.1) is 17.4 Å². The number of H-pyrrole nitrogens is 1. The van der Waals surface area contributed by atoms with Crippen molar-refractivity contribution in [3.8, 4) is 5.75 Å². The molecule has 0 spiro atoms. The predicted octanol–water partition coefficient (Wildman–Crippen LogP) is 2.21. The van der Waals surface area contributed by atoms with Gasteiger partial charge in [-0.1, -0.05) is 0 Å². The fourth-order valence-corrected chi connectivity index (χ4v) is 1.16. The molecule has 14 heavy (non-hydrogen) atoms. The van der Waals surface area contributed by atoms with Gasteiger partial charge in [0.2, 0.25) is 0 Å². The van der Waals surface area contributed by atoms with Crippen molar-refractivity contribution in [1.82, 2.24) is 9.97 Å². The van der Waals surface area contributed by atoms with Gasteiger partial charge in [0, 0.05) is 6.07 Å². The first-order valence-electron chi connectivity index (χ1n) is 4.10. The molecule has 1 aromatic carbocycles. The van der Waals surface area contributed by atoms with Crippen molar-refractivity contribution in [1.29, 1.82) is 0 Å². The summed E-state index contributed by atoms with van der Waals surface area (Å²) in [6, 6.07) is 4.98. The zero-order chi connectivity index (χ0) is 9.97. The highest BCUT2D eigenvalue weighted by Gasteiger charge is 2.04. The molecular weight excluding hydrogens is 190 g/mol. The summed E-state index contributed by atoms with van der Waals surface area (Å²) in [4.78, 5) is 6.86. The number of alkyl halides is 2. The summed E-state index contributed by atoms with van der Waals surface area (Å²) in [5.41, 5.74) is 1.56. The lowest BCUT2D eigenvalue weighted by atomic mass is 10.3. The summed E-state index contributed by atoms with van der Waals surface area (Å²) >= 11 is 0. The number of benzene rings is 1. The van der Waals surface area contributed by atoms with E-state index < -0.39 is 13.0 Å². The Balaban J connectivity index is 2.17. The largest absolute Gasteiger partial charge is 0.488 e. The van der Waals surface area contributed by atoms with Gasteiger partial charge in [0.15, 0.2) is 0 Å². The fourth-order valence-electron chi connectivity index (χ4n) is 1.16. The molecule has 74 valence electrons. The zero-order valence-electron chi connectivity index (χ0n) is 7.21. The molecule has 1 heterocycles. The second-order valence-electron chi connectivity index (χ2n) is 2.78. The van der Waals surface area contributed by atoms with E-state index in [9.17, 15) is 8.78 Å². The lowest BCUT2D eigenvalue weighted by Crippen LogP contribution is -2.06. The Labute approximate surface area is 78.7 Å². The van der Waals surface area contributed by atoms with Crippen LogP contribution in [0.3, 0.4) is 0 Å². The summed E-state index contributed by atoms with van der Waals surface area (Å²) in [7, 11) is 0. The van der Waals surface area contributed by atoms with Gasteiger partial charge in [0.1, 0.15) is 12.4 Å². The minimum atomic E-state index is -2.45. The van der Waals surface area contributed by atoms with Crippen molar-refractivity contribution in [2.45, 2.75) is 6.43 Å². The van der Waals surface area contributed by atoms with E-state index in [0.717, 1.165) is 11.0 Å². The molecule has 0 atom stereocenters. The average molecular weight is 198 g/mol. The summed E-state index contributed by atoms with van der Waals surface area (Å²) in [5.74, 6) is 0.419. The monoisotopic (exact) mass is 198 g/mol. The molecule has 0 saturated carbocycles. The minimum Gasteiger partial charge on any atom is -0.488 e. The number of fused-ring (bicyclic) bond motifs is 1. The number of halogens is 2. The number of rotatable bonds is 3. The Kier molecular flexibility index (Phi) is 2.30. The third kappa shape index (κ3) is 1.81. The minimum absolute atomic E-state index is 0.419. The summed E-state index contributed by atoms with van der Waals surface area (Å²) in [6.45, 7) is -0.584. The van der Waals surface area contributed by atoms with Crippen LogP contribution in [0.4, 0.5) is 8.78 Å². The number of imidazole rings is 1. The third-order valence-corrected chi connectivity index (χ3v) is 1.77. The lowest BCUT2D eigenvalue weighted by Gasteiger charge is -2.04. The maximum Gasteiger partial charge on any atom is 0.272 e. The molecule has 0 fully saturated rings. The Morgan fingerprint density at radius 1 is 1.43 bits per heavy atom. The Bertz CT molecular complexity index is 427. The smallest absolute Gasteiger partial charge is 0.272 e. The number of hydrogen-bond acceptors (Lipinski definition) is 2. The highest BCUT2D eigenvalue weighted by molar-refractivity contribution is 5.75. The zero-order valence-corrected chi connectivity index (χ0v) is 7.21. The van der Waals surface area contributed by atoms with E-state index in [4.69, 9.17) is 4.74 Å². The van der Waals surface area contributed by atoms with Crippen molar-refractivity contribution in [2.24, 2.45) is 0 Å². The van der Waals surface area contributed by atoms with E-state index >= 15 is 0 Å². The Morgan fingerprint density at radius 3 is 3.07 bits per heavy atom. The molecular formula is C9H8F2N2O. The molecule has 0 bridgehead atoms. The number of ether oxygens (including phenoxy) is 1. The van der Waals surface area contributed by atoms with Gasteiger partial charge in [0.25, 0.3) is 6.43 Å². The van der Waals surface area contributed by atoms with E-state index in [0.29, 0.717) is 5.75 Å². The molecule has 2 aromatic rings. The van der Waals surface area contributed by atoms with E-state index in [1.807, 2.05) is 0 Å². The van der Waals surface area contributed by atoms with Crippen molar-refractivity contribution in [3.05, 3.63) is 24.5 Å². The second-order valence-corrected chi connectivity index (χ2v) is 2.78. The van der Waals surface area contributed by atoms with Crippen LogP contribution in [-0.2, 0) is 0 Å². The van der Waals surface area contributed by atoms with E-state index in [1.165, 1.54) is 0 Å². The van der Waals surface area contributed by atoms with Gasteiger partial charge in [-0.3, -0.25) is 0 Å². The average Bonchev–Trinajstić information content (AvgIpc) is 2.61. The maximum atomic E-state index is 11.8. The summed E-state index contributed by atoms with van der Waals surface area (Å²) < 4.78 is 28.5. The van der Waals surface area contributed by atoms with Crippen LogP contribution in [0.1, 0.15) is 0 Å². The van der Waals surface area contributed by atoms with E-state index in [1.54, 1.807) is 24.5 Å². The van der Waals surface area contributed by atoms with Gasteiger partial charge >= 0.3 is 0 Å². The van der Waals surface area contributed by atoms with E-state index in [-0.39, 0.29) is 0 Å². The SMILES string of the molecule is FC(F)COc1ccc2nc[nH]c2c1. The van der Waals surface area contributed by atoms with Crippen LogP contribution < -0.4 is 4.74 Å². The first kappa shape index (κ1) is 8.93. The molecule has 0 aliphatic heterocycles. The second kappa shape index (κ2) is 3.61. The number of nitrogens with zero attached hydrogens (tertiary/aromatic N) is 1. The van der Waals surface area contributed by atoms with Crippen LogP contribution in [0.5, 0.6) is 5.75 Å². The number of aromatic amines is 1. The normalized spacial score (nSPS) is 11.1. The highest BCUT2D eigenvalue weighted by Crippen LogP contribution is 2.17. The molecule has 5 heteroatoms. The molecule has 1 N–H and O–H groups in total.